The topological polar surface area (TPSA) is 46.2 Å². The van der Waals surface area contributed by atoms with Crippen molar-refractivity contribution in [3.8, 4) is 5.75 Å². The number of phenols is 1. The van der Waals surface area contributed by atoms with Crippen molar-refractivity contribution in [2.45, 2.75) is 13.0 Å². The van der Waals surface area contributed by atoms with E-state index >= 15 is 0 Å². The highest BCUT2D eigenvalue weighted by molar-refractivity contribution is 6.34. The molecule has 0 saturated heterocycles. The molecule has 0 bridgehead atoms. The van der Waals surface area contributed by atoms with Crippen LogP contribution in [0.5, 0.6) is 5.75 Å². The van der Waals surface area contributed by atoms with Crippen molar-refractivity contribution in [1.82, 2.24) is 0 Å². The van der Waals surface area contributed by atoms with Crippen LogP contribution in [0.3, 0.4) is 0 Å². The average Bonchev–Trinajstić information content (AvgIpc) is 1.96. The van der Waals surface area contributed by atoms with Gasteiger partial charge in [-0.25, -0.2) is 0 Å². The molecule has 0 aliphatic rings. The zero-order chi connectivity index (χ0) is 9.30. The molecule has 0 fully saturated rings. The van der Waals surface area contributed by atoms with Gasteiger partial charge < -0.3 is 10.8 Å². The molecule has 0 spiro atoms. The van der Waals surface area contributed by atoms with Crippen LogP contribution in [0.25, 0.3) is 0 Å². The lowest BCUT2D eigenvalue weighted by Gasteiger charge is -2.09. The van der Waals surface area contributed by atoms with Crippen LogP contribution in [0.15, 0.2) is 12.1 Å². The first-order chi connectivity index (χ1) is 5.52. The average molecular weight is 206 g/mol. The molecule has 1 atom stereocenters. The minimum Gasteiger partial charge on any atom is -0.506 e. The van der Waals surface area contributed by atoms with Crippen molar-refractivity contribution >= 4 is 23.2 Å². The summed E-state index contributed by atoms with van der Waals surface area (Å²) in [6.45, 7) is 1.80. The van der Waals surface area contributed by atoms with Crippen molar-refractivity contribution in [3.63, 3.8) is 0 Å². The third-order valence-corrected chi connectivity index (χ3v) is 2.19. The predicted octanol–water partition coefficient (Wildman–Crippen LogP) is 2.72. The van der Waals surface area contributed by atoms with Gasteiger partial charge in [-0.05, 0) is 18.6 Å². The summed E-state index contributed by atoms with van der Waals surface area (Å²) in [5.41, 5.74) is 6.34. The van der Waals surface area contributed by atoms with Crippen LogP contribution in [-0.4, -0.2) is 5.11 Å². The van der Waals surface area contributed by atoms with E-state index in [0.717, 1.165) is 5.56 Å². The molecule has 4 heteroatoms. The van der Waals surface area contributed by atoms with E-state index in [1.807, 2.05) is 0 Å². The van der Waals surface area contributed by atoms with E-state index in [1.54, 1.807) is 13.0 Å². The molecule has 0 saturated carbocycles. The van der Waals surface area contributed by atoms with Gasteiger partial charge in [0.05, 0.1) is 5.02 Å². The number of rotatable bonds is 1. The van der Waals surface area contributed by atoms with E-state index in [4.69, 9.17) is 34.0 Å². The summed E-state index contributed by atoms with van der Waals surface area (Å²) in [6.07, 6.45) is 0. The van der Waals surface area contributed by atoms with Crippen LogP contribution in [0, 0.1) is 0 Å². The van der Waals surface area contributed by atoms with Crippen LogP contribution in [-0.2, 0) is 0 Å². The largest absolute Gasteiger partial charge is 0.506 e. The van der Waals surface area contributed by atoms with Crippen molar-refractivity contribution in [3.05, 3.63) is 27.7 Å². The van der Waals surface area contributed by atoms with E-state index in [2.05, 4.69) is 0 Å². The first kappa shape index (κ1) is 9.65. The van der Waals surface area contributed by atoms with Gasteiger partial charge in [0.25, 0.3) is 0 Å². The molecule has 2 nitrogen and oxygen atoms in total. The number of nitrogens with two attached hydrogens (primary N) is 1. The number of hydrogen-bond donors (Lipinski definition) is 2. The zero-order valence-electron chi connectivity index (χ0n) is 6.51. The number of hydrogen-bond acceptors (Lipinski definition) is 2. The predicted molar refractivity (Wildman–Crippen MR) is 50.7 cm³/mol. The van der Waals surface area contributed by atoms with Crippen LogP contribution < -0.4 is 5.73 Å². The van der Waals surface area contributed by atoms with E-state index < -0.39 is 0 Å². The van der Waals surface area contributed by atoms with E-state index in [0.29, 0.717) is 5.02 Å². The second kappa shape index (κ2) is 3.52. The van der Waals surface area contributed by atoms with Crippen LogP contribution >= 0.6 is 23.2 Å². The monoisotopic (exact) mass is 205 g/mol. The van der Waals surface area contributed by atoms with Gasteiger partial charge in [-0.1, -0.05) is 23.2 Å². The van der Waals surface area contributed by atoms with Gasteiger partial charge in [0.15, 0.2) is 0 Å². The quantitative estimate of drug-likeness (QED) is 0.741. The molecule has 0 aliphatic carbocycles. The van der Waals surface area contributed by atoms with Gasteiger partial charge in [-0.3, -0.25) is 0 Å². The molecular weight excluding hydrogens is 197 g/mol. The molecule has 0 heterocycles. The molecule has 0 aliphatic heterocycles. The summed E-state index contributed by atoms with van der Waals surface area (Å²) in [4.78, 5) is 0. The maximum Gasteiger partial charge on any atom is 0.135 e. The highest BCUT2D eigenvalue weighted by Crippen LogP contribution is 2.32. The van der Waals surface area contributed by atoms with Gasteiger partial charge >= 0.3 is 0 Å². The Hall–Kier alpha value is -0.440. The highest BCUT2D eigenvalue weighted by atomic mass is 35.5. The van der Waals surface area contributed by atoms with E-state index in [9.17, 15) is 0 Å². The third-order valence-electron chi connectivity index (χ3n) is 1.56. The third kappa shape index (κ3) is 1.83. The van der Waals surface area contributed by atoms with Gasteiger partial charge in [-0.2, -0.15) is 0 Å². The first-order valence-electron chi connectivity index (χ1n) is 3.46. The smallest absolute Gasteiger partial charge is 0.135 e. The molecule has 1 aromatic rings. The standard InChI is InChI=1S/C8H9Cl2NO/c1-4(11)5-2-7(10)8(12)3-6(5)9/h2-4,12H,11H2,1H3. The van der Waals surface area contributed by atoms with Crippen molar-refractivity contribution < 1.29 is 5.11 Å². The lowest BCUT2D eigenvalue weighted by atomic mass is 10.1. The SMILES string of the molecule is CC(N)c1cc(Cl)c(O)cc1Cl. The Bertz CT molecular complexity index is 299. The molecule has 0 radical (unpaired) electrons. The Morgan fingerprint density at radius 1 is 1.33 bits per heavy atom. The number of benzene rings is 1. The molecule has 0 amide bonds. The van der Waals surface area contributed by atoms with Gasteiger partial charge in [0, 0.05) is 17.1 Å². The fraction of sp³-hybridized carbons (Fsp3) is 0.250. The molecule has 1 rings (SSSR count). The summed E-state index contributed by atoms with van der Waals surface area (Å²) in [5.74, 6) is -0.0222. The Labute approximate surface area is 80.9 Å². The van der Waals surface area contributed by atoms with Crippen molar-refractivity contribution in [1.29, 1.82) is 0 Å². The molecule has 0 aromatic heterocycles. The molecule has 1 aromatic carbocycles. The molecule has 12 heavy (non-hydrogen) atoms. The molecule has 3 N–H and O–H groups in total. The summed E-state index contributed by atoms with van der Waals surface area (Å²) >= 11 is 11.5. The maximum absolute atomic E-state index is 9.15. The Balaban J connectivity index is 3.23. The summed E-state index contributed by atoms with van der Waals surface area (Å²) in [6, 6.07) is 2.78. The maximum atomic E-state index is 9.15. The fourth-order valence-electron chi connectivity index (χ4n) is 0.901. The Morgan fingerprint density at radius 3 is 2.42 bits per heavy atom. The van der Waals surface area contributed by atoms with Crippen molar-refractivity contribution in [2.24, 2.45) is 5.73 Å². The summed E-state index contributed by atoms with van der Waals surface area (Å²) in [5, 5.41) is 9.86. The number of halogens is 2. The fourth-order valence-corrected chi connectivity index (χ4v) is 1.40. The van der Waals surface area contributed by atoms with Crippen LogP contribution in [0.4, 0.5) is 0 Å². The van der Waals surface area contributed by atoms with E-state index in [1.165, 1.54) is 6.07 Å². The lowest BCUT2D eigenvalue weighted by molar-refractivity contribution is 0.475. The van der Waals surface area contributed by atoms with Crippen LogP contribution in [0.2, 0.25) is 10.0 Å². The second-order valence-electron chi connectivity index (χ2n) is 2.61. The number of phenolic OH excluding ortho intramolecular Hbond substituents is 1. The molecule has 66 valence electrons. The van der Waals surface area contributed by atoms with Gasteiger partial charge in [-0.15, -0.1) is 0 Å². The minimum absolute atomic E-state index is 0.0222. The lowest BCUT2D eigenvalue weighted by Crippen LogP contribution is -2.05. The normalized spacial score (nSPS) is 13.0. The highest BCUT2D eigenvalue weighted by Gasteiger charge is 2.08. The summed E-state index contributed by atoms with van der Waals surface area (Å²) < 4.78 is 0. The summed E-state index contributed by atoms with van der Waals surface area (Å²) in [7, 11) is 0. The van der Waals surface area contributed by atoms with E-state index in [-0.39, 0.29) is 16.8 Å². The van der Waals surface area contributed by atoms with Gasteiger partial charge in [0.1, 0.15) is 5.75 Å². The second-order valence-corrected chi connectivity index (χ2v) is 3.43. The number of aromatic hydroxyl groups is 1. The Morgan fingerprint density at radius 2 is 1.92 bits per heavy atom. The van der Waals surface area contributed by atoms with Gasteiger partial charge in [0.2, 0.25) is 0 Å². The molecular formula is C8H9Cl2NO. The minimum atomic E-state index is -0.185. The van der Waals surface area contributed by atoms with Crippen LogP contribution in [0.1, 0.15) is 18.5 Å². The Kier molecular flexibility index (Phi) is 2.83. The molecule has 1 unspecified atom stereocenters. The first-order valence-corrected chi connectivity index (χ1v) is 4.21. The zero-order valence-corrected chi connectivity index (χ0v) is 8.02. The van der Waals surface area contributed by atoms with Crippen molar-refractivity contribution in [2.75, 3.05) is 0 Å².